The molecule has 1 amide bonds. The van der Waals surface area contributed by atoms with Crippen molar-refractivity contribution in [1.82, 2.24) is 4.90 Å². The number of rotatable bonds is 12. The predicted molar refractivity (Wildman–Crippen MR) is 142 cm³/mol. The highest BCUT2D eigenvalue weighted by Gasteiger charge is 2.24. The summed E-state index contributed by atoms with van der Waals surface area (Å²) in [5, 5.41) is 7.41. The molecule has 0 spiro atoms. The second-order valence-electron chi connectivity index (χ2n) is 9.03. The molecule has 0 radical (unpaired) electrons. The van der Waals surface area contributed by atoms with Crippen LogP contribution in [0.3, 0.4) is 0 Å². The molecule has 0 aromatic heterocycles. The molecule has 0 saturated carbocycles. The van der Waals surface area contributed by atoms with Gasteiger partial charge in [0.15, 0.2) is 0 Å². The highest BCUT2D eigenvalue weighted by Crippen LogP contribution is 2.25. The van der Waals surface area contributed by atoms with Gasteiger partial charge in [-0.1, -0.05) is 0 Å². The lowest BCUT2D eigenvalue weighted by atomic mass is 9.99. The maximum Gasteiger partial charge on any atom is 0.254 e. The number of nitrogens with one attached hydrogen (secondary N) is 1. The van der Waals surface area contributed by atoms with E-state index in [1.807, 2.05) is 43.0 Å². The highest BCUT2D eigenvalue weighted by molar-refractivity contribution is 5.97. The molecule has 0 unspecified atom stereocenters. The Hall–Kier alpha value is -2.73. The van der Waals surface area contributed by atoms with Crippen LogP contribution < -0.4 is 15.2 Å². The molecule has 6 nitrogen and oxygen atoms in total. The molecule has 0 aliphatic carbocycles. The summed E-state index contributed by atoms with van der Waals surface area (Å²) < 4.78 is 11.7. The lowest BCUT2D eigenvalue weighted by Gasteiger charge is -2.32. The van der Waals surface area contributed by atoms with Crippen molar-refractivity contribution in [2.24, 2.45) is 5.73 Å². The van der Waals surface area contributed by atoms with Gasteiger partial charge >= 0.3 is 0 Å². The van der Waals surface area contributed by atoms with Gasteiger partial charge < -0.3 is 20.1 Å². The Bertz CT molecular complexity index is 912. The number of carbonyl (C=O) groups is 1. The monoisotopic (exact) mass is 489 g/mol. The molecule has 0 bridgehead atoms. The Morgan fingerprint density at radius 2 is 1.35 bits per heavy atom. The van der Waals surface area contributed by atoms with Gasteiger partial charge in [0.05, 0.1) is 13.2 Å². The van der Waals surface area contributed by atoms with Crippen LogP contribution in [-0.4, -0.2) is 41.9 Å². The maximum absolute atomic E-state index is 13.1. The fraction of sp³-hybridized carbons (Fsp3) is 0.481. The summed E-state index contributed by atoms with van der Waals surface area (Å²) in [6.45, 7) is 13.4. The Balaban J connectivity index is 0.00000578. The second kappa shape index (κ2) is 13.9. The number of aryl methyl sites for hydroxylation is 2. The minimum absolute atomic E-state index is 0. The van der Waals surface area contributed by atoms with Crippen LogP contribution in [0.2, 0.25) is 0 Å². The molecule has 3 N–H and O–H groups in total. The zero-order chi connectivity index (χ0) is 24.5. The van der Waals surface area contributed by atoms with Crippen molar-refractivity contribution in [3.05, 3.63) is 58.7 Å². The molecule has 34 heavy (non-hydrogen) atoms. The van der Waals surface area contributed by atoms with Crippen LogP contribution in [0.5, 0.6) is 11.5 Å². The number of halogens is 1. The zero-order valence-electron chi connectivity index (χ0n) is 21.3. The largest absolute Gasteiger partial charge is 0.494 e. The first-order valence-corrected chi connectivity index (χ1v) is 11.8. The fourth-order valence-corrected chi connectivity index (χ4v) is 4.03. The average Bonchev–Trinajstić information content (AvgIpc) is 2.72. The molecule has 0 atom stereocenters. The van der Waals surface area contributed by atoms with Crippen molar-refractivity contribution in [3.8, 4) is 11.5 Å². The number of nitrogens with zero attached hydrogens (tertiary/aromatic N) is 1. The smallest absolute Gasteiger partial charge is 0.254 e. The minimum atomic E-state index is 0. The van der Waals surface area contributed by atoms with Crippen LogP contribution in [-0.2, 0) is 0 Å². The van der Waals surface area contributed by atoms with E-state index in [0.717, 1.165) is 47.5 Å². The van der Waals surface area contributed by atoms with Gasteiger partial charge in [0.2, 0.25) is 0 Å². The lowest BCUT2D eigenvalue weighted by molar-refractivity contribution is 0.0642. The van der Waals surface area contributed by atoms with Crippen molar-refractivity contribution in [3.63, 3.8) is 0 Å². The van der Waals surface area contributed by atoms with E-state index < -0.39 is 0 Å². The third-order valence-corrected chi connectivity index (χ3v) is 5.56. The van der Waals surface area contributed by atoms with Crippen LogP contribution >= 0.6 is 12.4 Å². The van der Waals surface area contributed by atoms with E-state index >= 15 is 0 Å². The fourth-order valence-electron chi connectivity index (χ4n) is 4.03. The van der Waals surface area contributed by atoms with E-state index in [1.165, 1.54) is 0 Å². The molecule has 2 aromatic rings. The number of benzene rings is 2. The normalized spacial score (nSPS) is 10.7. The first-order chi connectivity index (χ1) is 15.6. The number of amidine groups is 1. The molecule has 0 aliphatic heterocycles. The van der Waals surface area contributed by atoms with Gasteiger partial charge in [-0.3, -0.25) is 10.2 Å². The van der Waals surface area contributed by atoms with Gasteiger partial charge in [0.25, 0.3) is 5.91 Å². The maximum atomic E-state index is 13.1. The van der Waals surface area contributed by atoms with Gasteiger partial charge in [-0.05, 0) is 108 Å². The van der Waals surface area contributed by atoms with Crippen molar-refractivity contribution in [1.29, 1.82) is 5.41 Å². The molecule has 0 fully saturated rings. The van der Waals surface area contributed by atoms with E-state index in [1.54, 1.807) is 12.1 Å². The average molecular weight is 490 g/mol. The Morgan fingerprint density at radius 3 is 1.79 bits per heavy atom. The number of ether oxygens (including phenoxy) is 2. The Morgan fingerprint density at radius 1 is 0.882 bits per heavy atom. The number of nitrogens with two attached hydrogens (primary N) is 1. The quantitative estimate of drug-likeness (QED) is 0.221. The number of hydrogen-bond acceptors (Lipinski definition) is 4. The minimum Gasteiger partial charge on any atom is -0.494 e. The van der Waals surface area contributed by atoms with Crippen LogP contribution in [0.4, 0.5) is 0 Å². The van der Waals surface area contributed by atoms with E-state index in [-0.39, 0.29) is 36.2 Å². The van der Waals surface area contributed by atoms with Gasteiger partial charge in [-0.25, -0.2) is 0 Å². The molecule has 188 valence electrons. The number of hydrogen-bond donors (Lipinski definition) is 2. The van der Waals surface area contributed by atoms with Gasteiger partial charge in [-0.15, -0.1) is 12.4 Å². The first-order valence-electron chi connectivity index (χ1n) is 11.8. The summed E-state index contributed by atoms with van der Waals surface area (Å²) >= 11 is 0. The zero-order valence-corrected chi connectivity index (χ0v) is 22.1. The van der Waals surface area contributed by atoms with Crippen LogP contribution in [0.25, 0.3) is 0 Å². The number of amides is 1. The van der Waals surface area contributed by atoms with Crippen molar-refractivity contribution >= 4 is 24.1 Å². The third-order valence-electron chi connectivity index (χ3n) is 5.56. The molecule has 0 aliphatic rings. The summed E-state index contributed by atoms with van der Waals surface area (Å²) in [6, 6.07) is 11.5. The van der Waals surface area contributed by atoms with Gasteiger partial charge in [0.1, 0.15) is 17.3 Å². The number of unbranched alkanes of at least 4 members (excludes halogenated alkanes) is 2. The molecule has 2 rings (SSSR count). The topological polar surface area (TPSA) is 88.6 Å². The molecule has 2 aromatic carbocycles. The summed E-state index contributed by atoms with van der Waals surface area (Å²) in [5.41, 5.74) is 8.83. The SMILES string of the molecule is Cc1cc(OCCCCCOc2ccc(C(=N)N)cc2)cc(C)c1C(=O)N(C(C)C)C(C)C.Cl. The Kier molecular flexibility index (Phi) is 11.9. The highest BCUT2D eigenvalue weighted by atomic mass is 35.5. The molecule has 0 heterocycles. The summed E-state index contributed by atoms with van der Waals surface area (Å²) in [4.78, 5) is 15.1. The van der Waals surface area contributed by atoms with Crippen molar-refractivity contribution in [2.75, 3.05) is 13.2 Å². The lowest BCUT2D eigenvalue weighted by Crippen LogP contribution is -2.42. The predicted octanol–water partition coefficient (Wildman–Crippen LogP) is 5.90. The standard InChI is InChI=1S/C27H39N3O3.ClH/c1-18(2)30(19(3)4)27(31)25-20(5)16-24(17-21(25)6)33-15-9-7-8-14-32-23-12-10-22(11-13-23)26(28)29;/h10-13,16-19H,7-9,14-15H2,1-6H3,(H3,28,29);1H. The van der Waals surface area contributed by atoms with Crippen LogP contribution in [0, 0.1) is 19.3 Å². The van der Waals surface area contributed by atoms with Crippen molar-refractivity contribution < 1.29 is 14.3 Å². The molecule has 7 heteroatoms. The van der Waals surface area contributed by atoms with E-state index in [9.17, 15) is 4.79 Å². The summed E-state index contributed by atoms with van der Waals surface area (Å²) in [7, 11) is 0. The summed E-state index contributed by atoms with van der Waals surface area (Å²) in [5.74, 6) is 1.73. The van der Waals surface area contributed by atoms with E-state index in [0.29, 0.717) is 18.8 Å². The number of nitrogen functional groups attached to an aromatic ring is 1. The molecular formula is C27H40ClN3O3. The van der Waals surface area contributed by atoms with Gasteiger partial charge in [0, 0.05) is 23.2 Å². The third kappa shape index (κ3) is 8.24. The van der Waals surface area contributed by atoms with E-state index in [2.05, 4.69) is 27.7 Å². The molecular weight excluding hydrogens is 450 g/mol. The first kappa shape index (κ1) is 29.3. The van der Waals surface area contributed by atoms with Crippen LogP contribution in [0.1, 0.15) is 74.0 Å². The molecule has 0 saturated heterocycles. The second-order valence-corrected chi connectivity index (χ2v) is 9.03. The van der Waals surface area contributed by atoms with Crippen LogP contribution in [0.15, 0.2) is 36.4 Å². The van der Waals surface area contributed by atoms with E-state index in [4.69, 9.17) is 20.6 Å². The van der Waals surface area contributed by atoms with Crippen molar-refractivity contribution in [2.45, 2.75) is 72.9 Å². The Labute approximate surface area is 210 Å². The number of carbonyl (C=O) groups excluding carboxylic acids is 1. The summed E-state index contributed by atoms with van der Waals surface area (Å²) in [6.07, 6.45) is 2.86. The van der Waals surface area contributed by atoms with Gasteiger partial charge in [-0.2, -0.15) is 0 Å².